The van der Waals surface area contributed by atoms with Crippen LogP contribution in [0, 0.1) is 0 Å². The molecular weight excluding hydrogens is 392 g/mol. The lowest BCUT2D eigenvalue weighted by atomic mass is 10.1. The van der Waals surface area contributed by atoms with Crippen molar-refractivity contribution in [3.63, 3.8) is 0 Å². The second-order valence-electron chi connectivity index (χ2n) is 5.93. The highest BCUT2D eigenvalue weighted by Crippen LogP contribution is 2.29. The van der Waals surface area contributed by atoms with Gasteiger partial charge in [-0.05, 0) is 48.5 Å². The molecule has 0 radical (unpaired) electrons. The third-order valence-corrected chi connectivity index (χ3v) is 4.08. The molecule has 0 bridgehead atoms. The first-order valence-electron chi connectivity index (χ1n) is 8.80. The zero-order valence-corrected chi connectivity index (χ0v) is 16.2. The Morgan fingerprint density at radius 3 is 2.07 bits per heavy atom. The molecule has 0 saturated heterocycles. The van der Waals surface area contributed by atoms with Crippen molar-refractivity contribution in [3.05, 3.63) is 77.7 Å². The third-order valence-electron chi connectivity index (χ3n) is 4.08. The summed E-state index contributed by atoms with van der Waals surface area (Å²) in [5.74, 6) is -0.983. The van der Waals surface area contributed by atoms with Crippen molar-refractivity contribution >= 4 is 17.7 Å². The molecule has 0 aliphatic heterocycles. The van der Waals surface area contributed by atoms with E-state index in [1.807, 2.05) is 0 Å². The average molecular weight is 410 g/mol. The van der Waals surface area contributed by atoms with Crippen LogP contribution in [0.4, 0.5) is 0 Å². The topological polar surface area (TPSA) is 101 Å². The van der Waals surface area contributed by atoms with Crippen LogP contribution in [-0.2, 0) is 4.74 Å². The van der Waals surface area contributed by atoms with Gasteiger partial charge in [-0.15, -0.1) is 0 Å². The standard InChI is InChI=1S/C22H18O8/c1-26-17-5-3-6-18(27-2)20(17)22(25)29-13-16(23)14-8-10-15(11-9-14)30-21(24)19-7-4-12-28-19/h3-12H,13H2,1-2H3. The maximum absolute atomic E-state index is 12.4. The first-order valence-corrected chi connectivity index (χ1v) is 8.80. The molecular formula is C22H18O8. The fourth-order valence-electron chi connectivity index (χ4n) is 2.60. The molecule has 30 heavy (non-hydrogen) atoms. The van der Waals surface area contributed by atoms with Crippen molar-refractivity contribution in [2.75, 3.05) is 20.8 Å². The third kappa shape index (κ3) is 4.67. The van der Waals surface area contributed by atoms with Gasteiger partial charge in [0.05, 0.1) is 20.5 Å². The summed E-state index contributed by atoms with van der Waals surface area (Å²) in [6, 6.07) is 13.7. The van der Waals surface area contributed by atoms with Gasteiger partial charge < -0.3 is 23.4 Å². The van der Waals surface area contributed by atoms with Gasteiger partial charge in [-0.3, -0.25) is 4.79 Å². The van der Waals surface area contributed by atoms with Gasteiger partial charge in [-0.1, -0.05) is 6.07 Å². The summed E-state index contributed by atoms with van der Waals surface area (Å²) in [4.78, 5) is 36.6. The zero-order chi connectivity index (χ0) is 21.5. The van der Waals surface area contributed by atoms with Crippen LogP contribution in [0.3, 0.4) is 0 Å². The van der Waals surface area contributed by atoms with Gasteiger partial charge in [0, 0.05) is 5.56 Å². The number of rotatable bonds is 8. The largest absolute Gasteiger partial charge is 0.496 e. The van der Waals surface area contributed by atoms with E-state index in [9.17, 15) is 14.4 Å². The van der Waals surface area contributed by atoms with E-state index in [1.165, 1.54) is 50.8 Å². The monoisotopic (exact) mass is 410 g/mol. The van der Waals surface area contributed by atoms with Gasteiger partial charge in [0.25, 0.3) is 0 Å². The summed E-state index contributed by atoms with van der Waals surface area (Å²) >= 11 is 0. The molecule has 0 atom stereocenters. The Labute approximate surface area is 171 Å². The number of carbonyl (C=O) groups excluding carboxylic acids is 3. The van der Waals surface area contributed by atoms with Crippen LogP contribution in [0.5, 0.6) is 17.2 Å². The van der Waals surface area contributed by atoms with Gasteiger partial charge >= 0.3 is 11.9 Å². The average Bonchev–Trinajstić information content (AvgIpc) is 3.32. The molecule has 8 nitrogen and oxygen atoms in total. The molecule has 0 saturated carbocycles. The van der Waals surface area contributed by atoms with Gasteiger partial charge in [0.1, 0.15) is 22.8 Å². The quantitative estimate of drug-likeness (QED) is 0.316. The Kier molecular flexibility index (Phi) is 6.49. The van der Waals surface area contributed by atoms with Gasteiger partial charge in [-0.25, -0.2) is 9.59 Å². The number of methoxy groups -OCH3 is 2. The number of esters is 2. The van der Waals surface area contributed by atoms with Crippen LogP contribution >= 0.6 is 0 Å². The van der Waals surface area contributed by atoms with Crippen molar-refractivity contribution in [1.82, 2.24) is 0 Å². The molecule has 2 aromatic carbocycles. The highest BCUT2D eigenvalue weighted by Gasteiger charge is 2.21. The number of Topliss-reactive ketones (excluding diaryl/α,β-unsaturated/α-hetero) is 1. The fourth-order valence-corrected chi connectivity index (χ4v) is 2.60. The Morgan fingerprint density at radius 2 is 1.50 bits per heavy atom. The minimum Gasteiger partial charge on any atom is -0.496 e. The minimum absolute atomic E-state index is 0.0637. The van der Waals surface area contributed by atoms with Crippen LogP contribution < -0.4 is 14.2 Å². The molecule has 0 unspecified atom stereocenters. The summed E-state index contributed by atoms with van der Waals surface area (Å²) in [5.41, 5.74) is 0.378. The van der Waals surface area contributed by atoms with Crippen molar-refractivity contribution in [3.8, 4) is 17.2 Å². The molecule has 3 rings (SSSR count). The normalized spacial score (nSPS) is 10.2. The summed E-state index contributed by atoms with van der Waals surface area (Å²) < 4.78 is 25.5. The van der Waals surface area contributed by atoms with E-state index in [0.29, 0.717) is 0 Å². The van der Waals surface area contributed by atoms with Gasteiger partial charge in [0.15, 0.2) is 12.4 Å². The second-order valence-corrected chi connectivity index (χ2v) is 5.93. The molecule has 8 heteroatoms. The van der Waals surface area contributed by atoms with Crippen LogP contribution in [-0.4, -0.2) is 38.5 Å². The van der Waals surface area contributed by atoms with E-state index < -0.39 is 24.3 Å². The predicted molar refractivity (Wildman–Crippen MR) is 104 cm³/mol. The van der Waals surface area contributed by atoms with Crippen LogP contribution in [0.1, 0.15) is 31.3 Å². The Balaban J connectivity index is 1.61. The molecule has 0 amide bonds. The lowest BCUT2D eigenvalue weighted by molar-refractivity contribution is 0.0468. The number of carbonyl (C=O) groups is 3. The number of hydrogen-bond donors (Lipinski definition) is 0. The molecule has 154 valence electrons. The number of furan rings is 1. The van der Waals surface area contributed by atoms with Crippen LogP contribution in [0.15, 0.2) is 65.3 Å². The molecule has 0 aliphatic rings. The number of benzene rings is 2. The van der Waals surface area contributed by atoms with Crippen molar-refractivity contribution in [1.29, 1.82) is 0 Å². The molecule has 0 aliphatic carbocycles. The number of ether oxygens (including phenoxy) is 4. The molecule has 0 spiro atoms. The van der Waals surface area contributed by atoms with Crippen molar-refractivity contribution in [2.24, 2.45) is 0 Å². The van der Waals surface area contributed by atoms with Gasteiger partial charge in [0.2, 0.25) is 5.76 Å². The van der Waals surface area contributed by atoms with E-state index in [4.69, 9.17) is 23.4 Å². The van der Waals surface area contributed by atoms with Crippen molar-refractivity contribution in [2.45, 2.75) is 0 Å². The summed E-state index contributed by atoms with van der Waals surface area (Å²) in [6.45, 7) is -0.481. The molecule has 0 fully saturated rings. The van der Waals surface area contributed by atoms with E-state index in [2.05, 4.69) is 0 Å². The number of ketones is 1. The highest BCUT2D eigenvalue weighted by molar-refractivity contribution is 6.01. The first-order chi connectivity index (χ1) is 14.5. The number of hydrogen-bond acceptors (Lipinski definition) is 8. The molecule has 3 aromatic rings. The summed E-state index contributed by atoms with van der Waals surface area (Å²) in [5, 5.41) is 0. The van der Waals surface area contributed by atoms with Crippen molar-refractivity contribution < 1.29 is 37.7 Å². The molecule has 1 heterocycles. The smallest absolute Gasteiger partial charge is 0.379 e. The van der Waals surface area contributed by atoms with E-state index in [1.54, 1.807) is 24.3 Å². The summed E-state index contributed by atoms with van der Waals surface area (Å²) in [6.07, 6.45) is 1.36. The molecule has 1 aromatic heterocycles. The van der Waals surface area contributed by atoms with E-state index in [0.717, 1.165) is 0 Å². The maximum atomic E-state index is 12.4. The Bertz CT molecular complexity index is 1010. The predicted octanol–water partition coefficient (Wildman–Crippen LogP) is 3.56. The SMILES string of the molecule is COc1cccc(OC)c1C(=O)OCC(=O)c1ccc(OC(=O)c2ccco2)cc1. The highest BCUT2D eigenvalue weighted by atomic mass is 16.6. The Hall–Kier alpha value is -4.07. The summed E-state index contributed by atoms with van der Waals surface area (Å²) in [7, 11) is 2.83. The van der Waals surface area contributed by atoms with E-state index >= 15 is 0 Å². The fraction of sp³-hybridized carbons (Fsp3) is 0.136. The lowest BCUT2D eigenvalue weighted by Gasteiger charge is -2.12. The van der Waals surface area contributed by atoms with Crippen LogP contribution in [0.25, 0.3) is 0 Å². The molecule has 0 N–H and O–H groups in total. The maximum Gasteiger partial charge on any atom is 0.379 e. The minimum atomic E-state index is -0.748. The second kappa shape index (κ2) is 9.42. The lowest BCUT2D eigenvalue weighted by Crippen LogP contribution is -2.16. The van der Waals surface area contributed by atoms with Crippen LogP contribution in [0.2, 0.25) is 0 Å². The van der Waals surface area contributed by atoms with Gasteiger partial charge in [-0.2, -0.15) is 0 Å². The zero-order valence-electron chi connectivity index (χ0n) is 16.2. The van der Waals surface area contributed by atoms with E-state index in [-0.39, 0.29) is 34.1 Å². The Morgan fingerprint density at radius 1 is 0.833 bits per heavy atom. The first kappa shape index (κ1) is 20.7.